The van der Waals surface area contributed by atoms with Crippen molar-refractivity contribution in [3.8, 4) is 11.5 Å². The lowest BCUT2D eigenvalue weighted by molar-refractivity contribution is -0.161. The molecule has 0 unspecified atom stereocenters. The molecule has 8 amide bonds. The lowest BCUT2D eigenvalue weighted by Crippen LogP contribution is -2.66. The van der Waals surface area contributed by atoms with Crippen LogP contribution in [0.2, 0.25) is 0 Å². The van der Waals surface area contributed by atoms with Crippen LogP contribution in [-0.2, 0) is 25.6 Å². The molecule has 1 atom stereocenters. The van der Waals surface area contributed by atoms with E-state index < -0.39 is 52.9 Å². The fraction of sp³-hybridized carbons (Fsp3) is 0.478. The summed E-state index contributed by atoms with van der Waals surface area (Å²) in [5.74, 6) is -4.57. The smallest absolute Gasteiger partial charge is 0.332 e. The van der Waals surface area contributed by atoms with Crippen LogP contribution in [-0.4, -0.2) is 97.7 Å². The Kier molecular flexibility index (Phi) is 5.57. The summed E-state index contributed by atoms with van der Waals surface area (Å²) in [7, 11) is 7.97. The van der Waals surface area contributed by atoms with Crippen molar-refractivity contribution in [3.63, 3.8) is 0 Å². The second-order valence-corrected chi connectivity index (χ2v) is 9.04. The van der Waals surface area contributed by atoms with Crippen LogP contribution in [0, 0.1) is 11.3 Å². The number of urea groups is 2. The van der Waals surface area contributed by atoms with Gasteiger partial charge in [0.25, 0.3) is 0 Å². The average Bonchev–Trinajstić information content (AvgIpc) is 2.86. The second-order valence-electron chi connectivity index (χ2n) is 9.04. The van der Waals surface area contributed by atoms with Crippen molar-refractivity contribution in [2.24, 2.45) is 11.3 Å². The summed E-state index contributed by atoms with van der Waals surface area (Å²) in [6.45, 7) is 0. The lowest BCUT2D eigenvalue weighted by Gasteiger charge is -2.48. The number of nitrogens with zero attached hydrogens (tertiary/aromatic N) is 4. The first kappa shape index (κ1) is 24.2. The van der Waals surface area contributed by atoms with Gasteiger partial charge in [0.1, 0.15) is 11.3 Å². The first-order chi connectivity index (χ1) is 16.4. The summed E-state index contributed by atoms with van der Waals surface area (Å²) in [6, 6.07) is 1.69. The van der Waals surface area contributed by atoms with Crippen molar-refractivity contribution < 1.29 is 38.2 Å². The van der Waals surface area contributed by atoms with Gasteiger partial charge in [-0.15, -0.1) is 0 Å². The van der Waals surface area contributed by atoms with E-state index in [0.29, 0.717) is 22.6 Å². The summed E-state index contributed by atoms with van der Waals surface area (Å²) in [4.78, 5) is 81.7. The third-order valence-electron chi connectivity index (χ3n) is 7.28. The highest BCUT2D eigenvalue weighted by molar-refractivity contribution is 6.20. The Morgan fingerprint density at radius 1 is 0.743 bits per heavy atom. The van der Waals surface area contributed by atoms with E-state index in [1.165, 1.54) is 42.4 Å². The molecular formula is C23H26N4O8. The average molecular weight is 486 g/mol. The SMILES string of the molecule is COc1cc2c(cc1OC)[C@H](C1C(=O)N(C)C(=O)N(C)C1=O)CC1(C2)C(=O)N(C)C(=O)N(C)C1=O. The molecule has 2 heterocycles. The van der Waals surface area contributed by atoms with Gasteiger partial charge in [-0.2, -0.15) is 0 Å². The van der Waals surface area contributed by atoms with Gasteiger partial charge in [0.15, 0.2) is 11.5 Å². The number of barbiturate groups is 2. The Morgan fingerprint density at radius 3 is 1.69 bits per heavy atom. The van der Waals surface area contributed by atoms with Gasteiger partial charge >= 0.3 is 12.1 Å². The lowest BCUT2D eigenvalue weighted by atomic mass is 9.61. The standard InChI is InChI=1S/C23H26N4O8/c1-24-17(28)16(18(29)25(2)21(24)32)13-10-23(19(30)26(3)22(33)27(4)20(23)31)9-11-7-14(34-5)15(35-6)8-12(11)13/h7-8,13,16H,9-10H2,1-6H3/t13-/m1/s1. The summed E-state index contributed by atoms with van der Waals surface area (Å²) >= 11 is 0. The zero-order chi connectivity index (χ0) is 26.0. The minimum atomic E-state index is -1.73. The molecule has 1 spiro atoms. The van der Waals surface area contributed by atoms with Crippen LogP contribution in [0.3, 0.4) is 0 Å². The van der Waals surface area contributed by atoms with Crippen molar-refractivity contribution in [1.82, 2.24) is 19.6 Å². The molecule has 0 aromatic heterocycles. The topological polar surface area (TPSA) is 134 Å². The zero-order valence-electron chi connectivity index (χ0n) is 20.3. The molecule has 4 rings (SSSR count). The van der Waals surface area contributed by atoms with Gasteiger partial charge in [-0.3, -0.25) is 38.8 Å². The number of fused-ring (bicyclic) bond motifs is 1. The van der Waals surface area contributed by atoms with Crippen LogP contribution < -0.4 is 9.47 Å². The Bertz CT molecular complexity index is 1150. The van der Waals surface area contributed by atoms with Gasteiger partial charge in [0, 0.05) is 34.1 Å². The van der Waals surface area contributed by atoms with Crippen LogP contribution in [0.25, 0.3) is 0 Å². The van der Waals surface area contributed by atoms with Crippen LogP contribution in [0.15, 0.2) is 12.1 Å². The summed E-state index contributed by atoms with van der Waals surface area (Å²) < 4.78 is 10.8. The van der Waals surface area contributed by atoms with Gasteiger partial charge < -0.3 is 9.47 Å². The van der Waals surface area contributed by atoms with E-state index in [4.69, 9.17) is 9.47 Å². The largest absolute Gasteiger partial charge is 0.493 e. The third kappa shape index (κ3) is 3.19. The van der Waals surface area contributed by atoms with E-state index in [1.807, 2.05) is 0 Å². The number of methoxy groups -OCH3 is 2. The van der Waals surface area contributed by atoms with E-state index in [-0.39, 0.29) is 12.8 Å². The molecule has 12 nitrogen and oxygen atoms in total. The van der Waals surface area contributed by atoms with Crippen molar-refractivity contribution in [2.75, 3.05) is 42.4 Å². The zero-order valence-corrected chi connectivity index (χ0v) is 20.3. The maximum absolute atomic E-state index is 13.5. The van der Waals surface area contributed by atoms with Crippen LogP contribution >= 0.6 is 0 Å². The maximum Gasteiger partial charge on any atom is 0.332 e. The van der Waals surface area contributed by atoms with Crippen LogP contribution in [0.1, 0.15) is 23.5 Å². The van der Waals surface area contributed by atoms with E-state index in [0.717, 1.165) is 19.6 Å². The van der Waals surface area contributed by atoms with Crippen molar-refractivity contribution in [2.45, 2.75) is 18.8 Å². The predicted molar refractivity (Wildman–Crippen MR) is 118 cm³/mol. The Balaban J connectivity index is 1.96. The molecule has 1 aliphatic carbocycles. The molecule has 2 saturated heterocycles. The highest BCUT2D eigenvalue weighted by Crippen LogP contribution is 2.52. The number of ether oxygens (including phenoxy) is 2. The summed E-state index contributed by atoms with van der Waals surface area (Å²) in [5, 5.41) is 0. The fourth-order valence-corrected chi connectivity index (χ4v) is 5.35. The van der Waals surface area contributed by atoms with Gasteiger partial charge in [0.2, 0.25) is 23.6 Å². The van der Waals surface area contributed by atoms with E-state index >= 15 is 0 Å². The first-order valence-electron chi connectivity index (χ1n) is 10.9. The number of benzene rings is 1. The summed E-state index contributed by atoms with van der Waals surface area (Å²) in [6.07, 6.45) is -0.286. The molecule has 0 radical (unpaired) electrons. The Hall–Kier alpha value is -3.96. The minimum Gasteiger partial charge on any atom is -0.493 e. The van der Waals surface area contributed by atoms with Crippen molar-refractivity contribution in [3.05, 3.63) is 23.3 Å². The number of carbonyl (C=O) groups is 6. The molecule has 2 aliphatic heterocycles. The molecule has 2 fully saturated rings. The van der Waals surface area contributed by atoms with Gasteiger partial charge in [-0.1, -0.05) is 0 Å². The van der Waals surface area contributed by atoms with Crippen LogP contribution in [0.5, 0.6) is 11.5 Å². The normalized spacial score (nSPS) is 22.9. The molecule has 3 aliphatic rings. The highest BCUT2D eigenvalue weighted by atomic mass is 16.5. The van der Waals surface area contributed by atoms with E-state index in [1.54, 1.807) is 12.1 Å². The third-order valence-corrected chi connectivity index (χ3v) is 7.28. The fourth-order valence-electron chi connectivity index (χ4n) is 5.35. The van der Waals surface area contributed by atoms with E-state index in [9.17, 15) is 28.8 Å². The molecule has 0 bridgehead atoms. The molecule has 0 saturated carbocycles. The molecule has 0 N–H and O–H groups in total. The van der Waals surface area contributed by atoms with Crippen LogP contribution in [0.4, 0.5) is 9.59 Å². The molecule has 35 heavy (non-hydrogen) atoms. The first-order valence-corrected chi connectivity index (χ1v) is 10.9. The number of hydrogen-bond acceptors (Lipinski definition) is 8. The number of amides is 8. The van der Waals surface area contributed by atoms with E-state index in [2.05, 4.69) is 0 Å². The van der Waals surface area contributed by atoms with Crippen molar-refractivity contribution >= 4 is 35.7 Å². The van der Waals surface area contributed by atoms with Gasteiger partial charge in [-0.25, -0.2) is 9.59 Å². The second kappa shape index (κ2) is 8.07. The number of rotatable bonds is 3. The monoisotopic (exact) mass is 486 g/mol. The number of imide groups is 4. The Labute approximate surface area is 201 Å². The predicted octanol–water partition coefficient (Wildman–Crippen LogP) is 0.437. The molecule has 1 aromatic rings. The summed E-state index contributed by atoms with van der Waals surface area (Å²) in [5.41, 5.74) is -0.702. The molecule has 12 heteroatoms. The number of carbonyl (C=O) groups excluding carboxylic acids is 6. The quantitative estimate of drug-likeness (QED) is 0.562. The van der Waals surface area contributed by atoms with Gasteiger partial charge in [-0.05, 0) is 36.1 Å². The maximum atomic E-state index is 13.5. The highest BCUT2D eigenvalue weighted by Gasteiger charge is 2.61. The molecular weight excluding hydrogens is 460 g/mol. The minimum absolute atomic E-state index is 0.0709. The number of hydrogen-bond donors (Lipinski definition) is 0. The van der Waals surface area contributed by atoms with Gasteiger partial charge in [0.05, 0.1) is 14.2 Å². The molecule has 186 valence electrons. The molecule has 1 aromatic carbocycles. The Morgan fingerprint density at radius 2 is 1.20 bits per heavy atom. The van der Waals surface area contributed by atoms with Crippen molar-refractivity contribution in [1.29, 1.82) is 0 Å².